The molecule has 0 aliphatic carbocycles. The summed E-state index contributed by atoms with van der Waals surface area (Å²) >= 11 is 0. The number of hydrogen-bond acceptors (Lipinski definition) is 3. The zero-order valence-electron chi connectivity index (χ0n) is 11.7. The molecular formula is C16H19N3O. The van der Waals surface area contributed by atoms with Gasteiger partial charge in [0.2, 0.25) is 0 Å². The number of hydrogen-bond donors (Lipinski definition) is 1. The minimum atomic E-state index is -0.221. The van der Waals surface area contributed by atoms with Gasteiger partial charge in [0, 0.05) is 11.9 Å². The van der Waals surface area contributed by atoms with Crippen molar-refractivity contribution in [2.75, 3.05) is 5.32 Å². The lowest BCUT2D eigenvalue weighted by Crippen LogP contribution is -2.15. The fourth-order valence-electron chi connectivity index (χ4n) is 1.92. The van der Waals surface area contributed by atoms with E-state index in [0.717, 1.165) is 18.5 Å². The lowest BCUT2D eigenvalue weighted by atomic mass is 10.1. The van der Waals surface area contributed by atoms with Gasteiger partial charge in [0.25, 0.3) is 5.91 Å². The molecule has 0 saturated heterocycles. The number of amides is 1. The van der Waals surface area contributed by atoms with E-state index in [1.54, 1.807) is 18.3 Å². The Bertz CT molecular complexity index is 555. The first-order chi connectivity index (χ1) is 9.79. The first kappa shape index (κ1) is 14.2. The Labute approximate surface area is 119 Å². The number of carbonyl (C=O) groups is 1. The summed E-state index contributed by atoms with van der Waals surface area (Å²) in [5.41, 5.74) is 1.40. The molecule has 0 radical (unpaired) electrons. The Morgan fingerprint density at radius 1 is 1.15 bits per heavy atom. The van der Waals surface area contributed by atoms with Crippen molar-refractivity contribution >= 4 is 11.7 Å². The average Bonchev–Trinajstić information content (AvgIpc) is 2.49. The summed E-state index contributed by atoms with van der Waals surface area (Å²) in [6, 6.07) is 11.0. The molecule has 0 unspecified atom stereocenters. The van der Waals surface area contributed by atoms with Gasteiger partial charge in [-0.05, 0) is 37.1 Å². The molecule has 0 aliphatic heterocycles. The van der Waals surface area contributed by atoms with E-state index >= 15 is 0 Å². The summed E-state index contributed by atoms with van der Waals surface area (Å²) in [6.45, 7) is 2.17. The van der Waals surface area contributed by atoms with Crippen LogP contribution >= 0.6 is 0 Å². The molecule has 2 aromatic heterocycles. The van der Waals surface area contributed by atoms with Gasteiger partial charge in [0.1, 0.15) is 11.5 Å². The lowest BCUT2D eigenvalue weighted by Gasteiger charge is -2.05. The van der Waals surface area contributed by atoms with E-state index in [9.17, 15) is 4.79 Å². The number of pyridine rings is 2. The third kappa shape index (κ3) is 4.16. The average molecular weight is 269 g/mol. The second-order valence-electron chi connectivity index (χ2n) is 4.64. The summed E-state index contributed by atoms with van der Waals surface area (Å²) in [6.07, 6.45) is 6.03. The van der Waals surface area contributed by atoms with Gasteiger partial charge < -0.3 is 5.32 Å². The minimum absolute atomic E-state index is 0.221. The van der Waals surface area contributed by atoms with Crippen molar-refractivity contribution in [1.29, 1.82) is 0 Å². The first-order valence-electron chi connectivity index (χ1n) is 6.98. The predicted octanol–water partition coefficient (Wildman–Crippen LogP) is 3.46. The van der Waals surface area contributed by atoms with Gasteiger partial charge >= 0.3 is 0 Å². The maximum atomic E-state index is 12.1. The highest BCUT2D eigenvalue weighted by Gasteiger charge is 2.08. The monoisotopic (exact) mass is 269 g/mol. The molecule has 0 spiro atoms. The van der Waals surface area contributed by atoms with E-state index in [0.29, 0.717) is 11.5 Å². The van der Waals surface area contributed by atoms with Gasteiger partial charge in [-0.15, -0.1) is 0 Å². The normalized spacial score (nSPS) is 10.2. The van der Waals surface area contributed by atoms with Crippen LogP contribution in [0.2, 0.25) is 0 Å². The van der Waals surface area contributed by atoms with Crippen LogP contribution in [0.5, 0.6) is 0 Å². The maximum Gasteiger partial charge on any atom is 0.275 e. The molecule has 0 saturated carbocycles. The van der Waals surface area contributed by atoms with E-state index in [2.05, 4.69) is 22.2 Å². The molecule has 0 bridgehead atoms. The standard InChI is InChI=1S/C16H19N3O/c1-2-3-4-8-13-9-7-10-14(18-13)16(20)19-15-11-5-6-12-17-15/h5-7,9-12H,2-4,8H2,1H3,(H,17,19,20). The van der Waals surface area contributed by atoms with Crippen LogP contribution in [0.25, 0.3) is 0 Å². The van der Waals surface area contributed by atoms with Gasteiger partial charge in [-0.25, -0.2) is 9.97 Å². The Kier molecular flexibility index (Phi) is 5.24. The quantitative estimate of drug-likeness (QED) is 0.817. The van der Waals surface area contributed by atoms with Crippen molar-refractivity contribution in [2.24, 2.45) is 0 Å². The van der Waals surface area contributed by atoms with Crippen molar-refractivity contribution in [3.63, 3.8) is 0 Å². The predicted molar refractivity (Wildman–Crippen MR) is 79.7 cm³/mol. The largest absolute Gasteiger partial charge is 0.305 e. The number of aromatic nitrogens is 2. The number of carbonyl (C=O) groups excluding carboxylic acids is 1. The van der Waals surface area contributed by atoms with Crippen LogP contribution < -0.4 is 5.32 Å². The van der Waals surface area contributed by atoms with Crippen molar-refractivity contribution in [1.82, 2.24) is 9.97 Å². The minimum Gasteiger partial charge on any atom is -0.305 e. The van der Waals surface area contributed by atoms with Crippen LogP contribution in [-0.2, 0) is 6.42 Å². The van der Waals surface area contributed by atoms with Crippen molar-refractivity contribution in [3.8, 4) is 0 Å². The summed E-state index contributed by atoms with van der Waals surface area (Å²) in [7, 11) is 0. The Morgan fingerprint density at radius 2 is 2.05 bits per heavy atom. The molecule has 2 rings (SSSR count). The number of aryl methyl sites for hydroxylation is 1. The third-order valence-corrected chi connectivity index (χ3v) is 2.98. The molecule has 4 nitrogen and oxygen atoms in total. The topological polar surface area (TPSA) is 54.9 Å². The molecule has 2 aromatic rings. The zero-order valence-corrected chi connectivity index (χ0v) is 11.7. The molecular weight excluding hydrogens is 250 g/mol. The molecule has 0 fully saturated rings. The molecule has 4 heteroatoms. The summed E-state index contributed by atoms with van der Waals surface area (Å²) in [5.74, 6) is 0.316. The van der Waals surface area contributed by atoms with Crippen LogP contribution in [0.15, 0.2) is 42.6 Å². The van der Waals surface area contributed by atoms with E-state index in [1.807, 2.05) is 24.3 Å². The molecule has 20 heavy (non-hydrogen) atoms. The number of nitrogens with one attached hydrogen (secondary N) is 1. The summed E-state index contributed by atoms with van der Waals surface area (Å²) in [5, 5.41) is 2.74. The van der Waals surface area contributed by atoms with Crippen molar-refractivity contribution in [3.05, 3.63) is 54.0 Å². The Hall–Kier alpha value is -2.23. The fraction of sp³-hybridized carbons (Fsp3) is 0.312. The van der Waals surface area contributed by atoms with Crippen molar-refractivity contribution in [2.45, 2.75) is 32.6 Å². The smallest absolute Gasteiger partial charge is 0.275 e. The second kappa shape index (κ2) is 7.38. The third-order valence-electron chi connectivity index (χ3n) is 2.98. The highest BCUT2D eigenvalue weighted by atomic mass is 16.1. The van der Waals surface area contributed by atoms with Crippen LogP contribution in [0.1, 0.15) is 42.4 Å². The zero-order chi connectivity index (χ0) is 14.2. The number of anilines is 1. The number of unbranched alkanes of at least 4 members (excludes halogenated alkanes) is 2. The van der Waals surface area contributed by atoms with E-state index < -0.39 is 0 Å². The fourth-order valence-corrected chi connectivity index (χ4v) is 1.92. The number of nitrogens with zero attached hydrogens (tertiary/aromatic N) is 2. The van der Waals surface area contributed by atoms with Crippen LogP contribution in [0.4, 0.5) is 5.82 Å². The Morgan fingerprint density at radius 3 is 2.80 bits per heavy atom. The van der Waals surface area contributed by atoms with Crippen LogP contribution in [-0.4, -0.2) is 15.9 Å². The molecule has 1 amide bonds. The highest BCUT2D eigenvalue weighted by Crippen LogP contribution is 2.08. The van der Waals surface area contributed by atoms with Gasteiger partial charge in [-0.3, -0.25) is 4.79 Å². The van der Waals surface area contributed by atoms with Gasteiger partial charge in [0.15, 0.2) is 0 Å². The molecule has 0 atom stereocenters. The van der Waals surface area contributed by atoms with E-state index in [-0.39, 0.29) is 5.91 Å². The second-order valence-corrected chi connectivity index (χ2v) is 4.64. The van der Waals surface area contributed by atoms with Gasteiger partial charge in [-0.2, -0.15) is 0 Å². The van der Waals surface area contributed by atoms with E-state index in [4.69, 9.17) is 0 Å². The van der Waals surface area contributed by atoms with Gasteiger partial charge in [0.05, 0.1) is 0 Å². The molecule has 104 valence electrons. The first-order valence-corrected chi connectivity index (χ1v) is 6.98. The van der Waals surface area contributed by atoms with Crippen LogP contribution in [0, 0.1) is 0 Å². The maximum absolute atomic E-state index is 12.1. The van der Waals surface area contributed by atoms with Crippen LogP contribution in [0.3, 0.4) is 0 Å². The van der Waals surface area contributed by atoms with Crippen molar-refractivity contribution < 1.29 is 4.79 Å². The molecule has 1 N–H and O–H groups in total. The molecule has 0 aromatic carbocycles. The van der Waals surface area contributed by atoms with E-state index in [1.165, 1.54) is 12.8 Å². The lowest BCUT2D eigenvalue weighted by molar-refractivity contribution is 0.102. The SMILES string of the molecule is CCCCCc1cccc(C(=O)Nc2ccccn2)n1. The molecule has 0 aliphatic rings. The summed E-state index contributed by atoms with van der Waals surface area (Å²) in [4.78, 5) is 20.6. The Balaban J connectivity index is 2.01. The summed E-state index contributed by atoms with van der Waals surface area (Å²) < 4.78 is 0. The molecule has 2 heterocycles. The highest BCUT2D eigenvalue weighted by molar-refractivity contribution is 6.02. The number of rotatable bonds is 6. The van der Waals surface area contributed by atoms with Gasteiger partial charge in [-0.1, -0.05) is 31.9 Å².